The van der Waals surface area contributed by atoms with Crippen molar-refractivity contribution in [1.82, 2.24) is 15.1 Å². The van der Waals surface area contributed by atoms with Gasteiger partial charge >= 0.3 is 0 Å². The number of hydrogen-bond acceptors (Lipinski definition) is 5. The van der Waals surface area contributed by atoms with Crippen LogP contribution in [0.2, 0.25) is 5.02 Å². The van der Waals surface area contributed by atoms with Crippen LogP contribution in [-0.2, 0) is 6.54 Å². The number of halogens is 1. The Morgan fingerprint density at radius 1 is 1.27 bits per heavy atom. The summed E-state index contributed by atoms with van der Waals surface area (Å²) in [6.07, 6.45) is 0. The van der Waals surface area contributed by atoms with Crippen molar-refractivity contribution in [3.63, 3.8) is 0 Å². The minimum atomic E-state index is -0.0284. The summed E-state index contributed by atoms with van der Waals surface area (Å²) in [4.78, 5) is 16.8. The molecule has 3 aromatic rings. The van der Waals surface area contributed by atoms with Crippen LogP contribution >= 0.6 is 22.9 Å². The Morgan fingerprint density at radius 3 is 2.62 bits per heavy atom. The number of hydrogen-bond donors (Lipinski definition) is 0. The van der Waals surface area contributed by atoms with Gasteiger partial charge in [-0.1, -0.05) is 23.7 Å². The van der Waals surface area contributed by atoms with Crippen LogP contribution < -0.4 is 0 Å². The van der Waals surface area contributed by atoms with Crippen molar-refractivity contribution in [3.05, 3.63) is 56.6 Å². The molecule has 0 saturated heterocycles. The molecular weight excluding hydrogens is 370 g/mol. The van der Waals surface area contributed by atoms with Crippen LogP contribution in [0.1, 0.15) is 39.9 Å². The normalized spacial score (nSPS) is 11.2. The number of rotatable bonds is 5. The molecule has 0 N–H and O–H groups in total. The molecule has 0 spiro atoms. The molecule has 0 unspecified atom stereocenters. The summed E-state index contributed by atoms with van der Waals surface area (Å²) in [5.41, 5.74) is 1.41. The molecule has 1 aromatic carbocycles. The van der Waals surface area contributed by atoms with E-state index in [1.54, 1.807) is 22.3 Å². The highest BCUT2D eigenvalue weighted by atomic mass is 35.5. The first-order valence-electron chi connectivity index (χ1n) is 8.32. The Balaban J connectivity index is 1.84. The smallest absolute Gasteiger partial charge is 0.255 e. The molecule has 0 aliphatic carbocycles. The molecule has 0 fully saturated rings. The summed E-state index contributed by atoms with van der Waals surface area (Å²) in [6.45, 7) is 8.16. The molecule has 3 rings (SSSR count). The summed E-state index contributed by atoms with van der Waals surface area (Å²) in [6, 6.07) is 9.22. The lowest BCUT2D eigenvalue weighted by molar-refractivity contribution is 0.0672. The lowest BCUT2D eigenvalue weighted by Gasteiger charge is -2.25. The third kappa shape index (κ3) is 3.81. The number of thiophene rings is 1. The van der Waals surface area contributed by atoms with Crippen molar-refractivity contribution in [2.45, 2.75) is 40.3 Å². The first kappa shape index (κ1) is 18.6. The molecule has 0 saturated carbocycles. The summed E-state index contributed by atoms with van der Waals surface area (Å²) >= 11 is 7.81. The zero-order valence-electron chi connectivity index (χ0n) is 15.1. The van der Waals surface area contributed by atoms with Crippen LogP contribution in [0.25, 0.3) is 11.5 Å². The van der Waals surface area contributed by atoms with Crippen LogP contribution in [0.5, 0.6) is 0 Å². The van der Waals surface area contributed by atoms with Crippen molar-refractivity contribution in [1.29, 1.82) is 0 Å². The zero-order chi connectivity index (χ0) is 18.8. The number of aryl methyl sites for hydroxylation is 2. The van der Waals surface area contributed by atoms with E-state index < -0.39 is 0 Å². The lowest BCUT2D eigenvalue weighted by atomic mass is 10.2. The van der Waals surface area contributed by atoms with E-state index in [-0.39, 0.29) is 18.5 Å². The second-order valence-corrected chi connectivity index (χ2v) is 8.20. The Labute approximate surface area is 161 Å². The van der Waals surface area contributed by atoms with E-state index in [0.29, 0.717) is 22.4 Å². The second kappa shape index (κ2) is 7.60. The summed E-state index contributed by atoms with van der Waals surface area (Å²) < 4.78 is 5.75. The van der Waals surface area contributed by atoms with Gasteiger partial charge in [-0.25, -0.2) is 0 Å². The summed E-state index contributed by atoms with van der Waals surface area (Å²) in [5, 5.41) is 8.71. The molecule has 0 bridgehead atoms. The number of nitrogens with zero attached hydrogens (tertiary/aromatic N) is 3. The average molecular weight is 390 g/mol. The number of carbonyl (C=O) groups excluding carboxylic acids is 1. The van der Waals surface area contributed by atoms with E-state index in [2.05, 4.69) is 10.2 Å². The highest BCUT2D eigenvalue weighted by Crippen LogP contribution is 2.27. The Hall–Kier alpha value is -2.18. The molecule has 2 heterocycles. The van der Waals surface area contributed by atoms with E-state index in [1.165, 1.54) is 0 Å². The van der Waals surface area contributed by atoms with Crippen LogP contribution in [-0.4, -0.2) is 27.0 Å². The molecular formula is C19H20ClN3O2S. The highest BCUT2D eigenvalue weighted by molar-refractivity contribution is 7.12. The standard InChI is InChI=1S/C19H20ClN3O2S/c1-11(2)23(19(24)15-9-12(3)26-13(15)4)10-17-21-22-18(25-17)14-7-5-6-8-16(14)20/h5-9,11H,10H2,1-4H3. The van der Waals surface area contributed by atoms with E-state index in [1.807, 2.05) is 52.0 Å². The van der Waals surface area contributed by atoms with Gasteiger partial charge in [0.15, 0.2) is 0 Å². The van der Waals surface area contributed by atoms with E-state index in [9.17, 15) is 4.79 Å². The van der Waals surface area contributed by atoms with Gasteiger partial charge in [-0.15, -0.1) is 21.5 Å². The van der Waals surface area contributed by atoms with Gasteiger partial charge in [-0.05, 0) is 45.9 Å². The van der Waals surface area contributed by atoms with E-state index in [4.69, 9.17) is 16.0 Å². The van der Waals surface area contributed by atoms with Gasteiger partial charge < -0.3 is 9.32 Å². The number of amides is 1. The van der Waals surface area contributed by atoms with Crippen molar-refractivity contribution in [2.75, 3.05) is 0 Å². The fourth-order valence-electron chi connectivity index (χ4n) is 2.69. The van der Waals surface area contributed by atoms with Crippen LogP contribution in [0.4, 0.5) is 0 Å². The molecule has 26 heavy (non-hydrogen) atoms. The average Bonchev–Trinajstić information content (AvgIpc) is 3.18. The molecule has 136 valence electrons. The minimum absolute atomic E-state index is 0.00207. The predicted octanol–water partition coefficient (Wildman–Crippen LogP) is 5.12. The number of aromatic nitrogens is 2. The Bertz CT molecular complexity index is 933. The van der Waals surface area contributed by atoms with Crippen molar-refractivity contribution in [3.8, 4) is 11.5 Å². The van der Waals surface area contributed by atoms with Gasteiger partial charge in [0.25, 0.3) is 5.91 Å². The van der Waals surface area contributed by atoms with Crippen molar-refractivity contribution < 1.29 is 9.21 Å². The van der Waals surface area contributed by atoms with Gasteiger partial charge in [0.05, 0.1) is 22.7 Å². The minimum Gasteiger partial charge on any atom is -0.419 e. The predicted molar refractivity (Wildman–Crippen MR) is 104 cm³/mol. The first-order valence-corrected chi connectivity index (χ1v) is 9.51. The maximum Gasteiger partial charge on any atom is 0.255 e. The lowest BCUT2D eigenvalue weighted by Crippen LogP contribution is -2.36. The Morgan fingerprint density at radius 2 is 2.00 bits per heavy atom. The van der Waals surface area contributed by atoms with Crippen LogP contribution in [0, 0.1) is 13.8 Å². The number of carbonyl (C=O) groups is 1. The maximum absolute atomic E-state index is 13.0. The van der Waals surface area contributed by atoms with Crippen molar-refractivity contribution >= 4 is 28.8 Å². The molecule has 7 heteroatoms. The quantitative estimate of drug-likeness (QED) is 0.607. The molecule has 2 aromatic heterocycles. The van der Waals surface area contributed by atoms with E-state index in [0.717, 1.165) is 15.3 Å². The van der Waals surface area contributed by atoms with E-state index >= 15 is 0 Å². The summed E-state index contributed by atoms with van der Waals surface area (Å²) in [7, 11) is 0. The zero-order valence-corrected chi connectivity index (χ0v) is 16.7. The molecule has 5 nitrogen and oxygen atoms in total. The fraction of sp³-hybridized carbons (Fsp3) is 0.316. The molecule has 1 amide bonds. The molecule has 0 aliphatic heterocycles. The van der Waals surface area contributed by atoms with Crippen LogP contribution in [0.15, 0.2) is 34.7 Å². The Kier molecular flexibility index (Phi) is 5.44. The van der Waals surface area contributed by atoms with Crippen molar-refractivity contribution in [2.24, 2.45) is 0 Å². The highest BCUT2D eigenvalue weighted by Gasteiger charge is 2.24. The first-order chi connectivity index (χ1) is 12.4. The van der Waals surface area contributed by atoms with Gasteiger partial charge in [-0.3, -0.25) is 4.79 Å². The molecule has 0 atom stereocenters. The fourth-order valence-corrected chi connectivity index (χ4v) is 3.83. The van der Waals surface area contributed by atoms with Gasteiger partial charge in [0.2, 0.25) is 11.8 Å². The third-order valence-electron chi connectivity index (χ3n) is 4.03. The van der Waals surface area contributed by atoms with Gasteiger partial charge in [0.1, 0.15) is 0 Å². The second-order valence-electron chi connectivity index (χ2n) is 6.33. The SMILES string of the molecule is Cc1cc(C(=O)N(Cc2nnc(-c3ccccc3Cl)o2)C(C)C)c(C)s1. The van der Waals surface area contributed by atoms with Crippen LogP contribution in [0.3, 0.4) is 0 Å². The van der Waals surface area contributed by atoms with Gasteiger partial charge in [-0.2, -0.15) is 0 Å². The maximum atomic E-state index is 13.0. The molecule has 0 radical (unpaired) electrons. The van der Waals surface area contributed by atoms with Gasteiger partial charge in [0, 0.05) is 15.8 Å². The number of benzene rings is 1. The molecule has 0 aliphatic rings. The topological polar surface area (TPSA) is 59.2 Å². The largest absolute Gasteiger partial charge is 0.419 e. The third-order valence-corrected chi connectivity index (χ3v) is 5.33. The summed E-state index contributed by atoms with van der Waals surface area (Å²) in [5.74, 6) is 0.704. The monoisotopic (exact) mass is 389 g/mol.